The maximum Gasteiger partial charge on any atom is 0.411 e. The lowest BCUT2D eigenvalue weighted by Gasteiger charge is -2.47. The molecule has 12 heteroatoms. The molecule has 10 unspecified atom stereocenters. The van der Waals surface area contributed by atoms with Crippen molar-refractivity contribution in [2.75, 3.05) is 21.2 Å². The van der Waals surface area contributed by atoms with Crippen molar-refractivity contribution in [1.82, 2.24) is 9.80 Å². The molecule has 0 aromatic heterocycles. The van der Waals surface area contributed by atoms with E-state index in [1.807, 2.05) is 53.6 Å². The number of aliphatic hydroxyl groups is 1. The van der Waals surface area contributed by atoms with Crippen molar-refractivity contribution in [1.29, 1.82) is 0 Å². The molecule has 0 spiro atoms. The minimum absolute atomic E-state index is 0.132. The van der Waals surface area contributed by atoms with Gasteiger partial charge in [0.05, 0.1) is 23.9 Å². The Morgan fingerprint density at radius 2 is 1.62 bits per heavy atom. The number of ether oxygens (including phenoxy) is 5. The lowest BCUT2D eigenvalue weighted by Crippen LogP contribution is -2.61. The number of Topliss-reactive ketones (excluding diaryl/α,β-unsaturated/α-hetero) is 2. The summed E-state index contributed by atoms with van der Waals surface area (Å²) in [6, 6.07) is -1.27. The van der Waals surface area contributed by atoms with Gasteiger partial charge in [0.25, 0.3) is 0 Å². The molecule has 13 atom stereocenters. The number of nitrogens with zero attached hydrogens (tertiary/aromatic N) is 2. The molecule has 276 valence electrons. The van der Waals surface area contributed by atoms with Crippen molar-refractivity contribution in [3.8, 4) is 0 Å². The van der Waals surface area contributed by atoms with Gasteiger partial charge in [-0.05, 0) is 81.3 Å². The molecule has 0 radical (unpaired) electrons. The van der Waals surface area contributed by atoms with Crippen LogP contribution < -0.4 is 0 Å². The Kier molecular flexibility index (Phi) is 12.6. The quantitative estimate of drug-likeness (QED) is 0.302. The molecule has 3 aliphatic heterocycles. The Hall–Kier alpha value is -2.12. The number of esters is 1. The van der Waals surface area contributed by atoms with Crippen LogP contribution in [-0.2, 0) is 38.1 Å². The van der Waals surface area contributed by atoms with E-state index in [-0.39, 0.29) is 36.8 Å². The largest absolute Gasteiger partial charge is 0.457 e. The predicted molar refractivity (Wildman–Crippen MR) is 179 cm³/mol. The van der Waals surface area contributed by atoms with Gasteiger partial charge in [-0.25, -0.2) is 4.79 Å². The highest BCUT2D eigenvalue weighted by Gasteiger charge is 2.61. The van der Waals surface area contributed by atoms with Crippen LogP contribution in [0.5, 0.6) is 0 Å². The number of carbonyl (C=O) groups excluding carboxylic acids is 4. The molecule has 0 saturated carbocycles. The van der Waals surface area contributed by atoms with Crippen LogP contribution in [0.1, 0.15) is 102 Å². The van der Waals surface area contributed by atoms with E-state index >= 15 is 0 Å². The van der Waals surface area contributed by atoms with Crippen molar-refractivity contribution in [2.24, 2.45) is 23.2 Å². The van der Waals surface area contributed by atoms with Crippen molar-refractivity contribution in [3.63, 3.8) is 0 Å². The molecule has 48 heavy (non-hydrogen) atoms. The van der Waals surface area contributed by atoms with E-state index in [0.717, 1.165) is 0 Å². The average Bonchev–Trinajstić information content (AvgIpc) is 3.30. The number of rotatable bonds is 7. The summed E-state index contributed by atoms with van der Waals surface area (Å²) >= 11 is 0. The Balaban J connectivity index is 2.20. The van der Waals surface area contributed by atoms with Crippen LogP contribution in [0.4, 0.5) is 4.79 Å². The fourth-order valence-corrected chi connectivity index (χ4v) is 8.24. The zero-order chi connectivity index (χ0) is 36.7. The second kappa shape index (κ2) is 15.0. The minimum Gasteiger partial charge on any atom is -0.457 e. The molecule has 0 aromatic carbocycles. The molecule has 0 aliphatic carbocycles. The molecule has 3 heterocycles. The summed E-state index contributed by atoms with van der Waals surface area (Å²) < 4.78 is 31.1. The Labute approximate surface area is 287 Å². The van der Waals surface area contributed by atoms with Crippen LogP contribution >= 0.6 is 0 Å². The van der Waals surface area contributed by atoms with Crippen LogP contribution in [0.15, 0.2) is 0 Å². The SMILES string of the molecule is CCC(C)N1C(=O)OC2(C)C1C(C)C(=O)[C@H](C)CC(C)(OC)C(OC1OC(C)CC(N(C)C)C1O)[C@@H](C)C(=O)C(C)(C)C(=O)O[C@@H]2CC. The summed E-state index contributed by atoms with van der Waals surface area (Å²) in [5.41, 5.74) is -4.26. The molecular weight excluding hydrogens is 620 g/mol. The van der Waals surface area contributed by atoms with Gasteiger partial charge in [0.15, 0.2) is 17.7 Å². The molecule has 1 N–H and O–H groups in total. The number of likely N-dealkylation sites (N-methyl/N-ethyl adjacent to an activating group) is 1. The van der Waals surface area contributed by atoms with Crippen LogP contribution in [0.3, 0.4) is 0 Å². The lowest BCUT2D eigenvalue weighted by molar-refractivity contribution is -0.295. The van der Waals surface area contributed by atoms with Crippen LogP contribution in [0, 0.1) is 23.2 Å². The Morgan fingerprint density at radius 1 is 1.02 bits per heavy atom. The van der Waals surface area contributed by atoms with Crippen molar-refractivity contribution in [2.45, 2.75) is 162 Å². The van der Waals surface area contributed by atoms with Gasteiger partial charge in [-0.15, -0.1) is 0 Å². The van der Waals surface area contributed by atoms with E-state index in [1.165, 1.54) is 21.0 Å². The number of hydrogen-bond acceptors (Lipinski definition) is 11. The second-order valence-electron chi connectivity index (χ2n) is 15.7. The number of methoxy groups -OCH3 is 1. The van der Waals surface area contributed by atoms with Crippen molar-refractivity contribution in [3.05, 3.63) is 0 Å². The van der Waals surface area contributed by atoms with E-state index in [9.17, 15) is 24.3 Å². The molecule has 0 aromatic rings. The smallest absolute Gasteiger partial charge is 0.411 e. The first kappa shape index (κ1) is 40.3. The second-order valence-corrected chi connectivity index (χ2v) is 15.7. The maximum absolute atomic E-state index is 14.4. The Bertz CT molecular complexity index is 1190. The molecule has 12 nitrogen and oxygen atoms in total. The zero-order valence-electron chi connectivity index (χ0n) is 31.7. The van der Waals surface area contributed by atoms with Gasteiger partial charge in [0.2, 0.25) is 0 Å². The van der Waals surface area contributed by atoms with E-state index < -0.39 is 82.9 Å². The predicted octanol–water partition coefficient (Wildman–Crippen LogP) is 4.38. The third-order valence-electron chi connectivity index (χ3n) is 11.5. The standard InChI is InChI=1S/C36H62N2O10/c1-15-20(4)38-28-22(6)26(39)19(3)18-35(10,44-14)30(47-31-27(40)24(37(12)13)17-21(5)45-31)23(7)29(41)34(8,9)32(42)46-25(16-2)36(28,11)48-33(38)43/h19-25,27-28,30-31,40H,15-18H2,1-14H3/t19-,20?,21?,22?,23+,24?,25-,27?,28?,30?,31?,35?,36?/m1/s1. The molecule has 3 aliphatic rings. The molecule has 3 fully saturated rings. The molecule has 3 saturated heterocycles. The van der Waals surface area contributed by atoms with E-state index in [0.29, 0.717) is 12.8 Å². The summed E-state index contributed by atoms with van der Waals surface area (Å²) in [7, 11) is 5.24. The van der Waals surface area contributed by atoms with E-state index in [1.54, 1.807) is 32.6 Å². The topological polar surface area (TPSA) is 141 Å². The van der Waals surface area contributed by atoms with Gasteiger partial charge in [0.1, 0.15) is 23.4 Å². The normalized spacial score (nSPS) is 42.2. The van der Waals surface area contributed by atoms with Crippen molar-refractivity contribution >= 4 is 23.6 Å². The minimum atomic E-state index is -1.64. The third kappa shape index (κ3) is 7.33. The number of fused-ring (bicyclic) bond motifs is 1. The first-order valence-corrected chi connectivity index (χ1v) is 17.6. The third-order valence-corrected chi connectivity index (χ3v) is 11.5. The number of ketones is 2. The fraction of sp³-hybridized carbons (Fsp3) is 0.889. The number of amides is 1. The van der Waals surface area contributed by atoms with Crippen LogP contribution in [0.25, 0.3) is 0 Å². The molecule has 1 amide bonds. The first-order chi connectivity index (χ1) is 22.1. The number of cyclic esters (lactones) is 1. The highest BCUT2D eigenvalue weighted by Crippen LogP contribution is 2.44. The monoisotopic (exact) mass is 682 g/mol. The Morgan fingerprint density at radius 3 is 2.15 bits per heavy atom. The summed E-state index contributed by atoms with van der Waals surface area (Å²) in [4.78, 5) is 60.0. The highest BCUT2D eigenvalue weighted by atomic mass is 16.7. The van der Waals surface area contributed by atoms with E-state index in [2.05, 4.69) is 0 Å². The average molecular weight is 683 g/mol. The van der Waals surface area contributed by atoms with Gasteiger partial charge in [0, 0.05) is 36.9 Å². The van der Waals surface area contributed by atoms with Crippen LogP contribution in [0.2, 0.25) is 0 Å². The first-order valence-electron chi connectivity index (χ1n) is 17.6. The maximum atomic E-state index is 14.4. The molecular formula is C36H62N2O10. The summed E-state index contributed by atoms with van der Waals surface area (Å²) in [6.45, 7) is 19.4. The summed E-state index contributed by atoms with van der Waals surface area (Å²) in [5, 5.41) is 11.4. The van der Waals surface area contributed by atoms with Crippen LogP contribution in [-0.4, -0.2) is 120 Å². The van der Waals surface area contributed by atoms with Gasteiger partial charge in [-0.1, -0.05) is 34.6 Å². The van der Waals surface area contributed by atoms with Gasteiger partial charge in [-0.2, -0.15) is 0 Å². The van der Waals surface area contributed by atoms with Gasteiger partial charge >= 0.3 is 12.1 Å². The number of aliphatic hydroxyl groups excluding tert-OH is 1. The molecule has 3 rings (SSSR count). The lowest BCUT2D eigenvalue weighted by atomic mass is 9.71. The number of hydrogen-bond donors (Lipinski definition) is 1. The van der Waals surface area contributed by atoms with Gasteiger partial charge < -0.3 is 33.7 Å². The summed E-state index contributed by atoms with van der Waals surface area (Å²) in [5.74, 6) is -3.65. The zero-order valence-corrected chi connectivity index (χ0v) is 31.7. The van der Waals surface area contributed by atoms with Crippen molar-refractivity contribution < 1.29 is 48.0 Å². The van der Waals surface area contributed by atoms with E-state index in [4.69, 9.17) is 23.7 Å². The highest BCUT2D eigenvalue weighted by molar-refractivity contribution is 6.04. The molecule has 0 bridgehead atoms. The summed E-state index contributed by atoms with van der Waals surface area (Å²) in [6.07, 6.45) is -3.31. The number of carbonyl (C=O) groups is 4. The van der Waals surface area contributed by atoms with Gasteiger partial charge in [-0.3, -0.25) is 19.3 Å². The fourth-order valence-electron chi connectivity index (χ4n) is 8.24.